The Morgan fingerprint density at radius 3 is 2.33 bits per heavy atom. The normalized spacial score (nSPS) is 15.9. The van der Waals surface area contributed by atoms with Gasteiger partial charge in [0.05, 0.1) is 0 Å². The molecule has 0 aromatic heterocycles. The fourth-order valence-electron chi connectivity index (χ4n) is 0.916. The summed E-state index contributed by atoms with van der Waals surface area (Å²) in [5.74, 6) is -0.109. The summed E-state index contributed by atoms with van der Waals surface area (Å²) < 4.78 is 5.20. The maximum Gasteiger partial charge on any atom is 0.323 e. The van der Waals surface area contributed by atoms with Crippen LogP contribution in [0.3, 0.4) is 0 Å². The average molecular weight is 217 g/mol. The van der Waals surface area contributed by atoms with Crippen molar-refractivity contribution >= 4 is 5.97 Å². The SMILES string of the molecule is CC(CO)CNC(C)C(=O)OC(C)(C)C. The van der Waals surface area contributed by atoms with Gasteiger partial charge in [-0.15, -0.1) is 0 Å². The molecule has 0 aliphatic heterocycles. The largest absolute Gasteiger partial charge is 0.459 e. The lowest BCUT2D eigenvalue weighted by Gasteiger charge is -2.23. The number of nitrogens with one attached hydrogen (secondary N) is 1. The molecule has 15 heavy (non-hydrogen) atoms. The lowest BCUT2D eigenvalue weighted by molar-refractivity contribution is -0.157. The average Bonchev–Trinajstić information content (AvgIpc) is 2.10. The predicted octanol–water partition coefficient (Wildman–Crippen LogP) is 0.935. The Labute approximate surface area is 92.0 Å². The highest BCUT2D eigenvalue weighted by Gasteiger charge is 2.21. The van der Waals surface area contributed by atoms with Crippen LogP contribution >= 0.6 is 0 Å². The van der Waals surface area contributed by atoms with E-state index in [1.165, 1.54) is 0 Å². The lowest BCUT2D eigenvalue weighted by Crippen LogP contribution is -2.41. The zero-order valence-electron chi connectivity index (χ0n) is 10.3. The van der Waals surface area contributed by atoms with Crippen molar-refractivity contribution in [1.82, 2.24) is 5.32 Å². The highest BCUT2D eigenvalue weighted by Crippen LogP contribution is 2.08. The van der Waals surface area contributed by atoms with E-state index < -0.39 is 5.60 Å². The number of ether oxygens (including phenoxy) is 1. The lowest BCUT2D eigenvalue weighted by atomic mass is 10.1. The summed E-state index contributed by atoms with van der Waals surface area (Å²) in [5.41, 5.74) is -0.449. The number of hydrogen-bond donors (Lipinski definition) is 2. The summed E-state index contributed by atoms with van der Waals surface area (Å²) in [6.45, 7) is 9.92. The number of hydrogen-bond acceptors (Lipinski definition) is 4. The molecule has 2 atom stereocenters. The van der Waals surface area contributed by atoms with E-state index in [4.69, 9.17) is 9.84 Å². The smallest absolute Gasteiger partial charge is 0.323 e. The Bertz CT molecular complexity index is 198. The molecule has 4 heteroatoms. The second-order valence-electron chi connectivity index (χ2n) is 4.95. The van der Waals surface area contributed by atoms with Crippen molar-refractivity contribution in [2.45, 2.75) is 46.3 Å². The first-order valence-corrected chi connectivity index (χ1v) is 5.33. The Kier molecular flexibility index (Phi) is 5.83. The second-order valence-corrected chi connectivity index (χ2v) is 4.95. The number of carbonyl (C=O) groups is 1. The van der Waals surface area contributed by atoms with Gasteiger partial charge in [-0.2, -0.15) is 0 Å². The van der Waals surface area contributed by atoms with Crippen LogP contribution < -0.4 is 5.32 Å². The summed E-state index contributed by atoms with van der Waals surface area (Å²) in [4.78, 5) is 11.5. The molecule has 0 saturated heterocycles. The number of esters is 1. The summed E-state index contributed by atoms with van der Waals surface area (Å²) in [6.07, 6.45) is 0. The van der Waals surface area contributed by atoms with Gasteiger partial charge in [0.1, 0.15) is 11.6 Å². The highest BCUT2D eigenvalue weighted by molar-refractivity contribution is 5.75. The van der Waals surface area contributed by atoms with Gasteiger partial charge in [-0.1, -0.05) is 6.92 Å². The van der Waals surface area contributed by atoms with Crippen LogP contribution in [0.25, 0.3) is 0 Å². The van der Waals surface area contributed by atoms with E-state index in [9.17, 15) is 4.79 Å². The van der Waals surface area contributed by atoms with Crippen LogP contribution in [0.5, 0.6) is 0 Å². The molecule has 0 bridgehead atoms. The van der Waals surface area contributed by atoms with Crippen LogP contribution in [0, 0.1) is 5.92 Å². The van der Waals surface area contributed by atoms with Crippen LogP contribution in [0.15, 0.2) is 0 Å². The van der Waals surface area contributed by atoms with Crippen LogP contribution in [0.1, 0.15) is 34.6 Å². The molecule has 0 amide bonds. The minimum Gasteiger partial charge on any atom is -0.459 e. The van der Waals surface area contributed by atoms with E-state index in [2.05, 4.69) is 5.32 Å². The van der Waals surface area contributed by atoms with Crippen molar-refractivity contribution in [2.24, 2.45) is 5.92 Å². The van der Waals surface area contributed by atoms with Crippen LogP contribution in [0.4, 0.5) is 0 Å². The minimum absolute atomic E-state index is 0.119. The molecule has 0 saturated carbocycles. The van der Waals surface area contributed by atoms with E-state index in [-0.39, 0.29) is 24.5 Å². The van der Waals surface area contributed by atoms with E-state index >= 15 is 0 Å². The molecule has 4 nitrogen and oxygen atoms in total. The van der Waals surface area contributed by atoms with E-state index in [0.717, 1.165) is 0 Å². The molecule has 2 N–H and O–H groups in total. The Morgan fingerprint density at radius 2 is 1.93 bits per heavy atom. The van der Waals surface area contributed by atoms with Crippen molar-refractivity contribution in [3.63, 3.8) is 0 Å². The number of rotatable bonds is 5. The molecule has 90 valence electrons. The zero-order chi connectivity index (χ0) is 12.1. The summed E-state index contributed by atoms with van der Waals surface area (Å²) in [7, 11) is 0. The van der Waals surface area contributed by atoms with Gasteiger partial charge in [-0.25, -0.2) is 0 Å². The monoisotopic (exact) mass is 217 g/mol. The van der Waals surface area contributed by atoms with Gasteiger partial charge >= 0.3 is 5.97 Å². The molecule has 0 spiro atoms. The van der Waals surface area contributed by atoms with Gasteiger partial charge in [0.25, 0.3) is 0 Å². The van der Waals surface area contributed by atoms with Gasteiger partial charge in [-0.3, -0.25) is 4.79 Å². The first-order chi connectivity index (χ1) is 6.76. The third kappa shape index (κ3) is 7.33. The van der Waals surface area contributed by atoms with Gasteiger partial charge < -0.3 is 15.2 Å². The molecule has 0 fully saturated rings. The minimum atomic E-state index is -0.449. The standard InChI is InChI=1S/C11H23NO3/c1-8(7-13)6-12-9(2)10(14)15-11(3,4)5/h8-9,12-13H,6-7H2,1-5H3. The fraction of sp³-hybridized carbons (Fsp3) is 0.909. The first kappa shape index (κ1) is 14.4. The topological polar surface area (TPSA) is 58.6 Å². The summed E-state index contributed by atoms with van der Waals surface area (Å²) >= 11 is 0. The molecular formula is C11H23NO3. The maximum absolute atomic E-state index is 11.5. The van der Waals surface area contributed by atoms with E-state index in [0.29, 0.717) is 6.54 Å². The van der Waals surface area contributed by atoms with Gasteiger partial charge in [0.2, 0.25) is 0 Å². The molecule has 0 aliphatic carbocycles. The molecular weight excluding hydrogens is 194 g/mol. The second kappa shape index (κ2) is 6.08. The van der Waals surface area contributed by atoms with Crippen LogP contribution in [-0.4, -0.2) is 35.9 Å². The van der Waals surface area contributed by atoms with Crippen molar-refractivity contribution in [2.75, 3.05) is 13.2 Å². The molecule has 0 radical (unpaired) electrons. The Morgan fingerprint density at radius 1 is 1.40 bits per heavy atom. The van der Waals surface area contributed by atoms with Crippen LogP contribution in [0.2, 0.25) is 0 Å². The molecule has 0 rings (SSSR count). The fourth-order valence-corrected chi connectivity index (χ4v) is 0.916. The quantitative estimate of drug-likeness (QED) is 0.673. The van der Waals surface area contributed by atoms with Crippen molar-refractivity contribution in [3.05, 3.63) is 0 Å². The van der Waals surface area contributed by atoms with Crippen molar-refractivity contribution < 1.29 is 14.6 Å². The van der Waals surface area contributed by atoms with Crippen molar-refractivity contribution in [3.8, 4) is 0 Å². The first-order valence-electron chi connectivity index (χ1n) is 5.33. The highest BCUT2D eigenvalue weighted by atomic mass is 16.6. The molecule has 0 aromatic carbocycles. The molecule has 2 unspecified atom stereocenters. The van der Waals surface area contributed by atoms with E-state index in [1.54, 1.807) is 6.92 Å². The van der Waals surface area contributed by atoms with Crippen LogP contribution in [-0.2, 0) is 9.53 Å². The van der Waals surface area contributed by atoms with Gasteiger partial charge in [0.15, 0.2) is 0 Å². The summed E-state index contributed by atoms with van der Waals surface area (Å²) in [5, 5.41) is 11.8. The molecule has 0 aliphatic rings. The number of aliphatic hydroxyl groups excluding tert-OH is 1. The number of aliphatic hydroxyl groups is 1. The molecule has 0 heterocycles. The Balaban J connectivity index is 3.90. The maximum atomic E-state index is 11.5. The van der Waals surface area contributed by atoms with E-state index in [1.807, 2.05) is 27.7 Å². The van der Waals surface area contributed by atoms with Crippen molar-refractivity contribution in [1.29, 1.82) is 0 Å². The third-order valence-electron chi connectivity index (χ3n) is 1.84. The third-order valence-corrected chi connectivity index (χ3v) is 1.84. The zero-order valence-corrected chi connectivity index (χ0v) is 10.3. The predicted molar refractivity (Wildman–Crippen MR) is 59.6 cm³/mol. The Hall–Kier alpha value is -0.610. The van der Waals surface area contributed by atoms with Gasteiger partial charge in [0, 0.05) is 13.2 Å². The van der Waals surface area contributed by atoms with Gasteiger partial charge in [-0.05, 0) is 33.6 Å². The number of carbonyl (C=O) groups excluding carboxylic acids is 1. The molecule has 0 aromatic rings. The summed E-state index contributed by atoms with van der Waals surface area (Å²) in [6, 6.07) is -0.335.